The molecule has 2 heterocycles. The van der Waals surface area contributed by atoms with E-state index in [1.165, 1.54) is 11.8 Å². The molecular formula is C17H15NO2S. The standard InChI is InChI=1S/C17H15NO2S/c1-16(20)12-8-4-6-10-14(12)21-17(16)11-7-3-5-9-13(11)18(2)15(17)19/h3-10,20H,1-2H3/t16-,17-/m1/s1. The molecule has 2 atom stereocenters. The van der Waals surface area contributed by atoms with Gasteiger partial charge in [0.1, 0.15) is 5.60 Å². The molecule has 1 amide bonds. The van der Waals surface area contributed by atoms with Gasteiger partial charge in [-0.1, -0.05) is 36.4 Å². The summed E-state index contributed by atoms with van der Waals surface area (Å²) in [6.45, 7) is 1.75. The lowest BCUT2D eigenvalue weighted by atomic mass is 9.79. The lowest BCUT2D eigenvalue weighted by Gasteiger charge is -2.34. The summed E-state index contributed by atoms with van der Waals surface area (Å²) in [5.74, 6) is -0.0603. The van der Waals surface area contributed by atoms with Crippen LogP contribution in [0.2, 0.25) is 0 Å². The Bertz CT molecular complexity index is 771. The van der Waals surface area contributed by atoms with Crippen LogP contribution in [0.1, 0.15) is 18.1 Å². The van der Waals surface area contributed by atoms with E-state index in [0.29, 0.717) is 0 Å². The molecule has 0 fully saturated rings. The van der Waals surface area contributed by atoms with E-state index in [9.17, 15) is 9.90 Å². The van der Waals surface area contributed by atoms with E-state index in [4.69, 9.17) is 0 Å². The van der Waals surface area contributed by atoms with E-state index in [1.807, 2.05) is 48.5 Å². The Balaban J connectivity index is 2.04. The number of hydrogen-bond acceptors (Lipinski definition) is 3. The molecule has 0 aliphatic carbocycles. The molecule has 0 unspecified atom stereocenters. The number of aliphatic hydroxyl groups is 1. The lowest BCUT2D eigenvalue weighted by molar-refractivity contribution is -0.126. The van der Waals surface area contributed by atoms with Crippen LogP contribution in [0.3, 0.4) is 0 Å². The minimum absolute atomic E-state index is 0.0603. The molecule has 0 bridgehead atoms. The van der Waals surface area contributed by atoms with Gasteiger partial charge < -0.3 is 10.0 Å². The minimum atomic E-state index is -1.23. The summed E-state index contributed by atoms with van der Waals surface area (Å²) >= 11 is 1.47. The van der Waals surface area contributed by atoms with Crippen molar-refractivity contribution in [1.29, 1.82) is 0 Å². The monoisotopic (exact) mass is 297 g/mol. The van der Waals surface area contributed by atoms with Crippen molar-refractivity contribution in [2.75, 3.05) is 11.9 Å². The van der Waals surface area contributed by atoms with E-state index < -0.39 is 10.3 Å². The maximum absolute atomic E-state index is 13.0. The van der Waals surface area contributed by atoms with E-state index in [1.54, 1.807) is 18.9 Å². The van der Waals surface area contributed by atoms with Crippen LogP contribution in [-0.4, -0.2) is 18.1 Å². The van der Waals surface area contributed by atoms with Crippen molar-refractivity contribution < 1.29 is 9.90 Å². The number of thioether (sulfide) groups is 1. The Hall–Kier alpha value is -1.78. The molecule has 4 heteroatoms. The molecule has 2 aliphatic rings. The van der Waals surface area contributed by atoms with Crippen molar-refractivity contribution in [2.24, 2.45) is 0 Å². The third-order valence-electron chi connectivity index (χ3n) is 4.61. The van der Waals surface area contributed by atoms with Gasteiger partial charge in [-0.15, -0.1) is 11.8 Å². The highest BCUT2D eigenvalue weighted by Gasteiger charge is 2.65. The molecule has 2 aromatic carbocycles. The second-order valence-electron chi connectivity index (χ2n) is 5.73. The second-order valence-corrected chi connectivity index (χ2v) is 6.99. The van der Waals surface area contributed by atoms with Crippen LogP contribution in [0.4, 0.5) is 5.69 Å². The molecule has 0 aromatic heterocycles. The second kappa shape index (κ2) is 3.90. The highest BCUT2D eigenvalue weighted by molar-refractivity contribution is 8.01. The summed E-state index contributed by atoms with van der Waals surface area (Å²) in [5, 5.41) is 11.3. The summed E-state index contributed by atoms with van der Waals surface area (Å²) in [6, 6.07) is 15.4. The number of nitrogens with zero attached hydrogens (tertiary/aromatic N) is 1. The maximum atomic E-state index is 13.0. The van der Waals surface area contributed by atoms with Crippen molar-refractivity contribution in [3.63, 3.8) is 0 Å². The number of carbonyl (C=O) groups is 1. The molecule has 21 heavy (non-hydrogen) atoms. The smallest absolute Gasteiger partial charge is 0.251 e. The largest absolute Gasteiger partial charge is 0.383 e. The number of hydrogen-bond donors (Lipinski definition) is 1. The van der Waals surface area contributed by atoms with Gasteiger partial charge >= 0.3 is 0 Å². The fourth-order valence-corrected chi connectivity index (χ4v) is 5.17. The van der Waals surface area contributed by atoms with E-state index >= 15 is 0 Å². The zero-order valence-corrected chi connectivity index (χ0v) is 12.6. The van der Waals surface area contributed by atoms with Crippen LogP contribution in [0, 0.1) is 0 Å². The summed E-state index contributed by atoms with van der Waals surface area (Å²) in [6.07, 6.45) is 0. The lowest BCUT2D eigenvalue weighted by Crippen LogP contribution is -2.48. The molecule has 0 saturated heterocycles. The Morgan fingerprint density at radius 2 is 1.67 bits per heavy atom. The van der Waals surface area contributed by atoms with Gasteiger partial charge in [0.15, 0.2) is 4.75 Å². The zero-order chi connectivity index (χ0) is 14.8. The van der Waals surface area contributed by atoms with E-state index in [0.717, 1.165) is 21.7 Å². The number of amides is 1. The molecule has 0 saturated carbocycles. The number of benzene rings is 2. The van der Waals surface area contributed by atoms with Crippen molar-refractivity contribution in [3.05, 3.63) is 59.7 Å². The van der Waals surface area contributed by atoms with Crippen molar-refractivity contribution >= 4 is 23.4 Å². The van der Waals surface area contributed by atoms with E-state index in [-0.39, 0.29) is 5.91 Å². The molecule has 1 spiro atoms. The quantitative estimate of drug-likeness (QED) is 0.813. The number of anilines is 1. The number of carbonyl (C=O) groups excluding carboxylic acids is 1. The molecule has 0 radical (unpaired) electrons. The Morgan fingerprint density at radius 3 is 2.38 bits per heavy atom. The van der Waals surface area contributed by atoms with Gasteiger partial charge in [-0.25, -0.2) is 0 Å². The average Bonchev–Trinajstić information content (AvgIpc) is 2.86. The fraction of sp³-hybridized carbons (Fsp3) is 0.235. The van der Waals surface area contributed by atoms with Gasteiger partial charge in [-0.3, -0.25) is 4.79 Å². The van der Waals surface area contributed by atoms with Crippen molar-refractivity contribution in [3.8, 4) is 0 Å². The first-order valence-electron chi connectivity index (χ1n) is 6.89. The van der Waals surface area contributed by atoms with Crippen molar-refractivity contribution in [2.45, 2.75) is 22.2 Å². The Labute approximate surface area is 127 Å². The minimum Gasteiger partial charge on any atom is -0.383 e. The highest BCUT2D eigenvalue weighted by Crippen LogP contribution is 2.65. The first-order chi connectivity index (χ1) is 10.00. The normalized spacial score (nSPS) is 29.9. The number of rotatable bonds is 0. The van der Waals surface area contributed by atoms with Crippen LogP contribution in [0.25, 0.3) is 0 Å². The Kier molecular flexibility index (Phi) is 2.40. The summed E-state index contributed by atoms with van der Waals surface area (Å²) in [7, 11) is 1.77. The van der Waals surface area contributed by atoms with Crippen LogP contribution in [0.15, 0.2) is 53.4 Å². The molecule has 106 valence electrons. The highest BCUT2D eigenvalue weighted by atomic mass is 32.2. The molecule has 2 aromatic rings. The van der Waals surface area contributed by atoms with Gasteiger partial charge in [-0.2, -0.15) is 0 Å². The first-order valence-corrected chi connectivity index (χ1v) is 7.70. The first kappa shape index (κ1) is 12.9. The van der Waals surface area contributed by atoms with E-state index in [2.05, 4.69) is 0 Å². The summed E-state index contributed by atoms with van der Waals surface area (Å²) in [5.41, 5.74) is 1.37. The predicted octanol–water partition coefficient (Wildman–Crippen LogP) is 2.87. The van der Waals surface area contributed by atoms with Gasteiger partial charge in [0.05, 0.1) is 0 Å². The SMILES string of the molecule is CN1C(=O)[C@]2(Sc3ccccc3[C@@]2(C)O)c2ccccc21. The topological polar surface area (TPSA) is 40.5 Å². The molecular weight excluding hydrogens is 282 g/mol. The maximum Gasteiger partial charge on any atom is 0.251 e. The third-order valence-corrected chi connectivity index (χ3v) is 6.28. The molecule has 2 aliphatic heterocycles. The number of para-hydroxylation sites is 1. The van der Waals surface area contributed by atoms with Crippen LogP contribution < -0.4 is 4.90 Å². The zero-order valence-electron chi connectivity index (χ0n) is 11.8. The van der Waals surface area contributed by atoms with Gasteiger partial charge in [0, 0.05) is 23.2 Å². The number of likely N-dealkylation sites (N-methyl/N-ethyl adjacent to an activating group) is 1. The fourth-order valence-electron chi connectivity index (χ4n) is 3.51. The average molecular weight is 297 g/mol. The molecule has 1 N–H and O–H groups in total. The predicted molar refractivity (Wildman–Crippen MR) is 83.4 cm³/mol. The van der Waals surface area contributed by atoms with Gasteiger partial charge in [0.2, 0.25) is 0 Å². The third kappa shape index (κ3) is 1.32. The summed E-state index contributed by atoms with van der Waals surface area (Å²) < 4.78 is -0.984. The van der Waals surface area contributed by atoms with Crippen molar-refractivity contribution in [1.82, 2.24) is 0 Å². The van der Waals surface area contributed by atoms with Crippen LogP contribution in [0.5, 0.6) is 0 Å². The van der Waals surface area contributed by atoms with Crippen LogP contribution in [-0.2, 0) is 15.1 Å². The Morgan fingerprint density at radius 1 is 1.05 bits per heavy atom. The molecule has 4 rings (SSSR count). The number of fused-ring (bicyclic) bond motifs is 3. The van der Waals surface area contributed by atoms with Gasteiger partial charge in [-0.05, 0) is 24.6 Å². The van der Waals surface area contributed by atoms with Crippen LogP contribution >= 0.6 is 11.8 Å². The summed E-state index contributed by atoms with van der Waals surface area (Å²) in [4.78, 5) is 15.6. The van der Waals surface area contributed by atoms with Gasteiger partial charge in [0.25, 0.3) is 5.91 Å². The molecule has 3 nitrogen and oxygen atoms in total.